The Hall–Kier alpha value is -2.92. The number of hydrogen-bond acceptors (Lipinski definition) is 3. The van der Waals surface area contributed by atoms with Gasteiger partial charge in [-0.05, 0) is 36.4 Å². The van der Waals surface area contributed by atoms with Crippen LogP contribution in [0.25, 0.3) is 0 Å². The van der Waals surface area contributed by atoms with Gasteiger partial charge in [0.15, 0.2) is 11.6 Å². The van der Waals surface area contributed by atoms with E-state index < -0.39 is 40.5 Å². The summed E-state index contributed by atoms with van der Waals surface area (Å²) in [6, 6.07) is 6.35. The zero-order valence-electron chi connectivity index (χ0n) is 14.9. The third-order valence-corrected chi connectivity index (χ3v) is 4.83. The Morgan fingerprint density at radius 1 is 0.828 bits per heavy atom. The van der Waals surface area contributed by atoms with E-state index in [1.165, 1.54) is 28.0 Å². The van der Waals surface area contributed by atoms with Gasteiger partial charge in [-0.15, -0.1) is 0 Å². The highest BCUT2D eigenvalue weighted by atomic mass is 32.2. The van der Waals surface area contributed by atoms with Crippen LogP contribution in [0.4, 0.5) is 18.9 Å². The molecule has 154 valence electrons. The first kappa shape index (κ1) is 20.8. The lowest BCUT2D eigenvalue weighted by molar-refractivity contribution is 0.0535. The van der Waals surface area contributed by atoms with E-state index in [1.807, 2.05) is 4.72 Å². The fourth-order valence-corrected chi connectivity index (χ4v) is 3.29. The third kappa shape index (κ3) is 4.74. The Bertz CT molecular complexity index is 981. The maximum Gasteiger partial charge on any atom is 0.259 e. The number of rotatable bonds is 4. The highest BCUT2D eigenvalue weighted by Crippen LogP contribution is 2.19. The van der Waals surface area contributed by atoms with Gasteiger partial charge in [-0.25, -0.2) is 17.4 Å². The molecule has 1 aliphatic rings. The molecule has 1 aliphatic heterocycles. The van der Waals surface area contributed by atoms with Crippen molar-refractivity contribution in [2.24, 2.45) is 0 Å². The van der Waals surface area contributed by atoms with Crippen molar-refractivity contribution in [1.82, 2.24) is 9.80 Å². The van der Waals surface area contributed by atoms with Crippen LogP contribution in [0.15, 0.2) is 36.4 Å². The quantitative estimate of drug-likeness (QED) is 0.733. The van der Waals surface area contributed by atoms with Crippen molar-refractivity contribution in [1.29, 1.82) is 0 Å². The van der Waals surface area contributed by atoms with Gasteiger partial charge in [-0.1, -0.05) is 0 Å². The first-order valence-corrected chi connectivity index (χ1v) is 9.57. The average molecular weight is 427 g/mol. The topological polar surface area (TPSA) is 90.0 Å². The van der Waals surface area contributed by atoms with Crippen LogP contribution in [0.5, 0.6) is 0 Å². The minimum atomic E-state index is -2.44. The summed E-state index contributed by atoms with van der Waals surface area (Å²) in [5, 5.41) is 0. The Balaban J connectivity index is 1.63. The van der Waals surface area contributed by atoms with E-state index >= 15 is 0 Å². The molecule has 3 rings (SSSR count). The third-order valence-electron chi connectivity index (χ3n) is 4.43. The molecule has 0 aromatic heterocycles. The first-order valence-electron chi connectivity index (χ1n) is 8.47. The summed E-state index contributed by atoms with van der Waals surface area (Å²) in [4.78, 5) is 27.8. The zero-order chi connectivity index (χ0) is 21.1. The number of anilines is 1. The molecule has 1 saturated heterocycles. The molecule has 2 aromatic rings. The number of halogens is 3. The van der Waals surface area contributed by atoms with Gasteiger partial charge in [0.25, 0.3) is 23.1 Å². The molecule has 2 N–H and O–H groups in total. The van der Waals surface area contributed by atoms with Gasteiger partial charge in [0, 0.05) is 37.3 Å². The number of hydrogen-bond donors (Lipinski definition) is 2. The van der Waals surface area contributed by atoms with Gasteiger partial charge in [0.1, 0.15) is 5.82 Å². The molecule has 0 saturated carbocycles. The van der Waals surface area contributed by atoms with Crippen molar-refractivity contribution >= 4 is 28.8 Å². The fourth-order valence-electron chi connectivity index (χ4n) is 2.93. The zero-order valence-corrected chi connectivity index (χ0v) is 15.7. The van der Waals surface area contributed by atoms with Crippen molar-refractivity contribution in [2.75, 3.05) is 30.9 Å². The number of nitrogens with zero attached hydrogens (tertiary/aromatic N) is 2. The molecule has 7 nitrogen and oxygen atoms in total. The Labute approximate surface area is 166 Å². The van der Waals surface area contributed by atoms with E-state index in [0.29, 0.717) is 0 Å². The number of carbonyl (C=O) groups excluding carboxylic acids is 2. The minimum Gasteiger partial charge on any atom is -0.335 e. The van der Waals surface area contributed by atoms with Gasteiger partial charge >= 0.3 is 0 Å². The second kappa shape index (κ2) is 8.62. The molecule has 1 unspecified atom stereocenters. The molecule has 2 amide bonds. The van der Waals surface area contributed by atoms with Crippen molar-refractivity contribution in [3.8, 4) is 0 Å². The van der Waals surface area contributed by atoms with Crippen LogP contribution in [0, 0.1) is 17.5 Å². The summed E-state index contributed by atoms with van der Waals surface area (Å²) < 4.78 is 61.7. The summed E-state index contributed by atoms with van der Waals surface area (Å²) in [5.41, 5.74) is -0.156. The summed E-state index contributed by atoms with van der Waals surface area (Å²) in [7, 11) is 0. The van der Waals surface area contributed by atoms with Crippen LogP contribution in [-0.4, -0.2) is 56.6 Å². The van der Waals surface area contributed by atoms with E-state index in [9.17, 15) is 27.0 Å². The molecular weight excluding hydrogens is 411 g/mol. The predicted octanol–water partition coefficient (Wildman–Crippen LogP) is 2.25. The van der Waals surface area contributed by atoms with E-state index in [4.69, 9.17) is 4.55 Å². The maximum absolute atomic E-state index is 14.0. The van der Waals surface area contributed by atoms with Crippen molar-refractivity contribution in [2.45, 2.75) is 0 Å². The molecule has 11 heteroatoms. The molecule has 0 aliphatic carbocycles. The SMILES string of the molecule is O=C(c1ccc(F)c(F)c1)N1CCN(C(=O)c2ccc(NS(=O)O)c(F)c2)CC1. The van der Waals surface area contributed by atoms with Crippen LogP contribution in [0.3, 0.4) is 0 Å². The van der Waals surface area contributed by atoms with Gasteiger partial charge < -0.3 is 9.80 Å². The monoisotopic (exact) mass is 427 g/mol. The number of benzene rings is 2. The largest absolute Gasteiger partial charge is 0.335 e. The lowest BCUT2D eigenvalue weighted by atomic mass is 10.1. The molecule has 0 radical (unpaired) electrons. The molecule has 1 atom stereocenters. The van der Waals surface area contributed by atoms with Crippen molar-refractivity contribution < 1.29 is 31.5 Å². The highest BCUT2D eigenvalue weighted by molar-refractivity contribution is 7.80. The van der Waals surface area contributed by atoms with Crippen LogP contribution < -0.4 is 4.72 Å². The molecule has 0 bridgehead atoms. The molecule has 0 spiro atoms. The van der Waals surface area contributed by atoms with Crippen LogP contribution in [0.2, 0.25) is 0 Å². The Morgan fingerprint density at radius 3 is 1.76 bits per heavy atom. The molecular formula is C18H16F3N3O4S. The fraction of sp³-hybridized carbons (Fsp3) is 0.222. The molecule has 1 heterocycles. The number of carbonyl (C=O) groups is 2. The van der Waals surface area contributed by atoms with E-state index in [1.54, 1.807) is 0 Å². The van der Waals surface area contributed by atoms with E-state index in [-0.39, 0.29) is 43.0 Å². The average Bonchev–Trinajstić information content (AvgIpc) is 2.70. The number of amides is 2. The van der Waals surface area contributed by atoms with Gasteiger partial charge in [0.2, 0.25) is 0 Å². The first-order chi connectivity index (χ1) is 13.8. The van der Waals surface area contributed by atoms with Gasteiger partial charge in [-0.2, -0.15) is 0 Å². The standard InChI is InChI=1S/C18H16F3N3O4S/c19-13-3-1-11(9-14(13)20)17(25)23-5-7-24(8-6-23)18(26)12-2-4-16(15(21)10-12)22-29(27)28/h1-4,9-10,22H,5-8H2,(H,27,28). The summed E-state index contributed by atoms with van der Waals surface area (Å²) in [6.07, 6.45) is 0. The second-order valence-electron chi connectivity index (χ2n) is 6.26. The minimum absolute atomic E-state index is 0.00936. The van der Waals surface area contributed by atoms with Gasteiger partial charge in [-0.3, -0.25) is 18.9 Å². The van der Waals surface area contributed by atoms with Crippen molar-refractivity contribution in [3.63, 3.8) is 0 Å². The molecule has 2 aromatic carbocycles. The lowest BCUT2D eigenvalue weighted by Crippen LogP contribution is -2.50. The normalized spacial score (nSPS) is 15.2. The lowest BCUT2D eigenvalue weighted by Gasteiger charge is -2.35. The Morgan fingerprint density at radius 2 is 1.31 bits per heavy atom. The number of nitrogens with one attached hydrogen (secondary N) is 1. The summed E-state index contributed by atoms with van der Waals surface area (Å²) in [6.45, 7) is 0.706. The summed E-state index contributed by atoms with van der Waals surface area (Å²) >= 11 is -2.44. The van der Waals surface area contributed by atoms with E-state index in [0.717, 1.165) is 18.2 Å². The predicted molar refractivity (Wildman–Crippen MR) is 99.0 cm³/mol. The number of piperazine rings is 1. The summed E-state index contributed by atoms with van der Waals surface area (Å²) in [5.74, 6) is -3.95. The maximum atomic E-state index is 14.0. The van der Waals surface area contributed by atoms with Crippen LogP contribution in [0.1, 0.15) is 20.7 Å². The molecule has 1 fully saturated rings. The smallest absolute Gasteiger partial charge is 0.259 e. The second-order valence-corrected chi connectivity index (χ2v) is 6.96. The Kier molecular flexibility index (Phi) is 6.18. The van der Waals surface area contributed by atoms with Crippen LogP contribution >= 0.6 is 0 Å². The van der Waals surface area contributed by atoms with Crippen LogP contribution in [-0.2, 0) is 11.3 Å². The van der Waals surface area contributed by atoms with Gasteiger partial charge in [0.05, 0.1) is 5.69 Å². The van der Waals surface area contributed by atoms with Crippen molar-refractivity contribution in [3.05, 3.63) is 65.0 Å². The highest BCUT2D eigenvalue weighted by Gasteiger charge is 2.26. The molecule has 29 heavy (non-hydrogen) atoms. The van der Waals surface area contributed by atoms with E-state index in [2.05, 4.69) is 0 Å².